The first-order valence-corrected chi connectivity index (χ1v) is 3.81. The van der Waals surface area contributed by atoms with Crippen LogP contribution in [0.3, 0.4) is 0 Å². The van der Waals surface area contributed by atoms with E-state index in [1.807, 2.05) is 0 Å². The van der Waals surface area contributed by atoms with Crippen LogP contribution in [0.25, 0.3) is 0 Å². The third-order valence-corrected chi connectivity index (χ3v) is 1.49. The second-order valence-electron chi connectivity index (χ2n) is 2.54. The van der Waals surface area contributed by atoms with Gasteiger partial charge >= 0.3 is 12.1 Å². The molecule has 0 spiro atoms. The lowest BCUT2D eigenvalue weighted by atomic mass is 10.1. The molecule has 1 aromatic carbocycles. The molecule has 0 amide bonds. The minimum atomic E-state index is -5.53. The summed E-state index contributed by atoms with van der Waals surface area (Å²) >= 11 is 0. The molecular formula is C9H6F5NO. The van der Waals surface area contributed by atoms with Gasteiger partial charge < -0.3 is 0 Å². The topological polar surface area (TPSA) is 40.9 Å². The van der Waals surface area contributed by atoms with Crippen molar-refractivity contribution < 1.29 is 26.7 Å². The first-order chi connectivity index (χ1) is 7.27. The minimum absolute atomic E-state index is 0.744. The SMILES string of the molecule is FC(F)(F)C(F)(F)c1ccccc1.N=C=O. The monoisotopic (exact) mass is 239 g/mol. The molecule has 0 aliphatic rings. The molecule has 0 radical (unpaired) electrons. The summed E-state index contributed by atoms with van der Waals surface area (Å²) in [5.41, 5.74) is -1.04. The van der Waals surface area contributed by atoms with Crippen molar-refractivity contribution in [1.29, 1.82) is 5.41 Å². The summed E-state index contributed by atoms with van der Waals surface area (Å²) in [7, 11) is 0. The smallest absolute Gasteiger partial charge is 0.222 e. The van der Waals surface area contributed by atoms with Crippen molar-refractivity contribution in [2.24, 2.45) is 0 Å². The van der Waals surface area contributed by atoms with E-state index in [4.69, 9.17) is 10.2 Å². The molecule has 1 N–H and O–H groups in total. The van der Waals surface area contributed by atoms with Crippen LogP contribution in [-0.4, -0.2) is 12.3 Å². The molecule has 0 atom stereocenters. The molecule has 1 rings (SSSR count). The van der Waals surface area contributed by atoms with Gasteiger partial charge in [0.2, 0.25) is 6.08 Å². The van der Waals surface area contributed by atoms with Gasteiger partial charge in [0.15, 0.2) is 0 Å². The zero-order valence-electron chi connectivity index (χ0n) is 7.68. The second kappa shape index (κ2) is 5.37. The molecule has 0 aliphatic carbocycles. The quantitative estimate of drug-likeness (QED) is 0.456. The van der Waals surface area contributed by atoms with Gasteiger partial charge in [-0.2, -0.15) is 22.0 Å². The summed E-state index contributed by atoms with van der Waals surface area (Å²) in [4.78, 5) is 8.35. The predicted molar refractivity (Wildman–Crippen MR) is 44.8 cm³/mol. The van der Waals surface area contributed by atoms with Gasteiger partial charge in [-0.1, -0.05) is 30.3 Å². The van der Waals surface area contributed by atoms with Gasteiger partial charge in [-0.3, -0.25) is 0 Å². The van der Waals surface area contributed by atoms with E-state index in [1.54, 1.807) is 0 Å². The fraction of sp³-hybridized carbons (Fsp3) is 0.222. The van der Waals surface area contributed by atoms with Crippen LogP contribution >= 0.6 is 0 Å². The third kappa shape index (κ3) is 3.43. The van der Waals surface area contributed by atoms with E-state index in [0.29, 0.717) is 0 Å². The number of hydrogen-bond acceptors (Lipinski definition) is 2. The van der Waals surface area contributed by atoms with Crippen molar-refractivity contribution in [1.82, 2.24) is 0 Å². The minimum Gasteiger partial charge on any atom is -0.222 e. The van der Waals surface area contributed by atoms with E-state index < -0.39 is 17.7 Å². The predicted octanol–water partition coefficient (Wildman–Crippen LogP) is 3.24. The molecule has 0 bridgehead atoms. The molecule has 0 fully saturated rings. The molecule has 1 aromatic rings. The molecule has 16 heavy (non-hydrogen) atoms. The van der Waals surface area contributed by atoms with Crippen molar-refractivity contribution in [3.8, 4) is 0 Å². The average molecular weight is 239 g/mol. The zero-order chi connectivity index (χ0) is 12.8. The lowest BCUT2D eigenvalue weighted by Gasteiger charge is -2.19. The van der Waals surface area contributed by atoms with Crippen LogP contribution < -0.4 is 0 Å². The molecule has 0 heterocycles. The molecule has 88 valence electrons. The molecule has 0 aromatic heterocycles. The van der Waals surface area contributed by atoms with E-state index in [0.717, 1.165) is 30.3 Å². The number of nitrogens with one attached hydrogen (secondary N) is 1. The number of benzene rings is 1. The molecule has 2 nitrogen and oxygen atoms in total. The molecule has 0 saturated carbocycles. The van der Waals surface area contributed by atoms with Crippen LogP contribution in [0.1, 0.15) is 5.56 Å². The summed E-state index contributed by atoms with van der Waals surface area (Å²) in [6, 6.07) is 5.13. The Balaban J connectivity index is 0.000000673. The summed E-state index contributed by atoms with van der Waals surface area (Å²) in [6.07, 6.45) is -4.78. The summed E-state index contributed by atoms with van der Waals surface area (Å²) in [5.74, 6) is -4.77. The Kier molecular flexibility index (Phi) is 4.78. The fourth-order valence-corrected chi connectivity index (χ4v) is 0.811. The van der Waals surface area contributed by atoms with E-state index in [2.05, 4.69) is 0 Å². The van der Waals surface area contributed by atoms with Gasteiger partial charge in [0, 0.05) is 5.56 Å². The van der Waals surface area contributed by atoms with Gasteiger partial charge in [0.05, 0.1) is 0 Å². The number of halogens is 5. The lowest BCUT2D eigenvalue weighted by molar-refractivity contribution is -0.289. The van der Waals surface area contributed by atoms with Crippen LogP contribution in [0.2, 0.25) is 0 Å². The maximum Gasteiger partial charge on any atom is 0.458 e. The number of alkyl halides is 5. The first-order valence-electron chi connectivity index (χ1n) is 3.81. The van der Waals surface area contributed by atoms with Crippen LogP contribution in [0.15, 0.2) is 30.3 Å². The molecule has 0 aliphatic heterocycles. The molecule has 0 unspecified atom stereocenters. The number of rotatable bonds is 1. The van der Waals surface area contributed by atoms with Gasteiger partial charge in [-0.15, -0.1) is 0 Å². The van der Waals surface area contributed by atoms with Crippen LogP contribution in [0.4, 0.5) is 22.0 Å². The Bertz CT molecular complexity index is 354. The summed E-state index contributed by atoms with van der Waals surface area (Å²) in [5, 5.41) is 5.40. The van der Waals surface area contributed by atoms with Crippen molar-refractivity contribution >= 4 is 6.08 Å². The van der Waals surface area contributed by atoms with E-state index in [1.165, 1.54) is 6.07 Å². The normalized spacial score (nSPS) is 11.1. The standard InChI is InChI=1S/C8H5F5.CHNO/c9-7(10,8(11,12)13)6-4-2-1-3-5-6;2-1-3/h1-5H;2H. The number of carbonyl (C=O) groups excluding carboxylic acids is 1. The number of isocyanates is 1. The highest BCUT2D eigenvalue weighted by Gasteiger charge is 2.58. The fourth-order valence-electron chi connectivity index (χ4n) is 0.811. The van der Waals surface area contributed by atoms with Crippen LogP contribution in [0.5, 0.6) is 0 Å². The molecule has 7 heteroatoms. The Morgan fingerprint density at radius 1 is 1.00 bits per heavy atom. The highest BCUT2D eigenvalue weighted by Crippen LogP contribution is 2.43. The van der Waals surface area contributed by atoms with E-state index in [-0.39, 0.29) is 0 Å². The van der Waals surface area contributed by atoms with E-state index in [9.17, 15) is 22.0 Å². The maximum atomic E-state index is 12.5. The average Bonchev–Trinajstić information content (AvgIpc) is 2.18. The summed E-state index contributed by atoms with van der Waals surface area (Å²) < 4.78 is 60.4. The zero-order valence-corrected chi connectivity index (χ0v) is 7.68. The largest absolute Gasteiger partial charge is 0.458 e. The van der Waals surface area contributed by atoms with Crippen molar-refractivity contribution in [3.05, 3.63) is 35.9 Å². The third-order valence-electron chi connectivity index (χ3n) is 1.49. The van der Waals surface area contributed by atoms with Crippen molar-refractivity contribution in [3.63, 3.8) is 0 Å². The molecular weight excluding hydrogens is 233 g/mol. The highest BCUT2D eigenvalue weighted by molar-refractivity contribution is 5.26. The van der Waals surface area contributed by atoms with Crippen molar-refractivity contribution in [2.75, 3.05) is 0 Å². The summed E-state index contributed by atoms with van der Waals surface area (Å²) in [6.45, 7) is 0. The molecule has 0 saturated heterocycles. The maximum absolute atomic E-state index is 12.5. The second-order valence-corrected chi connectivity index (χ2v) is 2.54. The highest BCUT2D eigenvalue weighted by atomic mass is 19.4. The van der Waals surface area contributed by atoms with E-state index >= 15 is 0 Å². The Labute approximate surface area is 87.2 Å². The van der Waals surface area contributed by atoms with Crippen LogP contribution in [0, 0.1) is 5.41 Å². The van der Waals surface area contributed by atoms with Gasteiger partial charge in [-0.05, 0) is 0 Å². The Hall–Kier alpha value is -1.75. The van der Waals surface area contributed by atoms with Crippen molar-refractivity contribution in [2.45, 2.75) is 12.1 Å². The number of hydrogen-bond donors (Lipinski definition) is 1. The lowest BCUT2D eigenvalue weighted by Crippen LogP contribution is -2.33. The van der Waals surface area contributed by atoms with Gasteiger partial charge in [-0.25, -0.2) is 10.2 Å². The first kappa shape index (κ1) is 14.2. The Morgan fingerprint density at radius 2 is 1.38 bits per heavy atom. The van der Waals surface area contributed by atoms with Crippen LogP contribution in [-0.2, 0) is 10.7 Å². The Morgan fingerprint density at radius 3 is 1.69 bits per heavy atom. The van der Waals surface area contributed by atoms with Gasteiger partial charge in [0.1, 0.15) is 0 Å². The van der Waals surface area contributed by atoms with Gasteiger partial charge in [0.25, 0.3) is 0 Å².